The number of nitrogens with two attached hydrogens (primary N) is 2. The van der Waals surface area contributed by atoms with Gasteiger partial charge in [0.15, 0.2) is 0 Å². The fourth-order valence-corrected chi connectivity index (χ4v) is 2.11. The molecule has 1 atom stereocenters. The molecule has 0 aliphatic carbocycles. The Bertz CT molecular complexity index is 471. The molecular weight excluding hydrogens is 231 g/mol. The molecule has 0 amide bonds. The van der Waals surface area contributed by atoms with Crippen molar-refractivity contribution in [2.24, 2.45) is 0 Å². The Balaban J connectivity index is 2.40. The molecule has 1 unspecified atom stereocenters. The van der Waals surface area contributed by atoms with Crippen LogP contribution in [0.15, 0.2) is 48.5 Å². The van der Waals surface area contributed by atoms with Crippen molar-refractivity contribution in [1.82, 2.24) is 0 Å². The first kappa shape index (κ1) is 11.9. The first-order chi connectivity index (χ1) is 8.20. The molecule has 0 bridgehead atoms. The summed E-state index contributed by atoms with van der Waals surface area (Å²) in [6.07, 6.45) is -0.174. The average molecular weight is 246 g/mol. The molecule has 0 fully saturated rings. The number of anilines is 2. The van der Waals surface area contributed by atoms with Gasteiger partial charge in [-0.2, -0.15) is 0 Å². The molecule has 4 N–H and O–H groups in total. The molecule has 0 aliphatic rings. The molecule has 3 nitrogen and oxygen atoms in total. The molecule has 0 aromatic heterocycles. The molecule has 17 heavy (non-hydrogen) atoms. The van der Waals surface area contributed by atoms with E-state index in [0.29, 0.717) is 0 Å². The van der Waals surface area contributed by atoms with Crippen LogP contribution in [0, 0.1) is 0 Å². The lowest BCUT2D eigenvalue weighted by molar-refractivity contribution is 0.294. The van der Waals surface area contributed by atoms with Crippen LogP contribution in [-0.4, -0.2) is 0 Å². The number of nitrogen functional groups attached to an aromatic ring is 2. The Morgan fingerprint density at radius 2 is 1.35 bits per heavy atom. The minimum atomic E-state index is -0.174. The van der Waals surface area contributed by atoms with Gasteiger partial charge in [0.25, 0.3) is 0 Å². The van der Waals surface area contributed by atoms with E-state index in [1.54, 1.807) is 0 Å². The van der Waals surface area contributed by atoms with Crippen LogP contribution in [0.25, 0.3) is 0 Å². The summed E-state index contributed by atoms with van der Waals surface area (Å²) in [4.78, 5) is 0. The molecule has 0 saturated heterocycles. The summed E-state index contributed by atoms with van der Waals surface area (Å²) in [5.74, 6) is 0. The fraction of sp³-hybridized carbons (Fsp3) is 0.0769. The third-order valence-corrected chi connectivity index (χ3v) is 2.84. The summed E-state index contributed by atoms with van der Waals surface area (Å²) in [5.41, 5.74) is 15.0. The molecule has 0 spiro atoms. The van der Waals surface area contributed by atoms with E-state index in [1.807, 2.05) is 48.5 Å². The van der Waals surface area contributed by atoms with Crippen LogP contribution in [0.2, 0.25) is 0 Å². The average Bonchev–Trinajstić information content (AvgIpc) is 2.30. The van der Waals surface area contributed by atoms with E-state index in [-0.39, 0.29) is 6.10 Å². The maximum absolute atomic E-state index is 5.77. The van der Waals surface area contributed by atoms with Crippen LogP contribution < -0.4 is 11.5 Å². The van der Waals surface area contributed by atoms with Crippen molar-refractivity contribution < 1.29 is 4.52 Å². The highest BCUT2D eigenvalue weighted by Gasteiger charge is 2.13. The molecule has 0 heterocycles. The quantitative estimate of drug-likeness (QED) is 0.646. The van der Waals surface area contributed by atoms with Gasteiger partial charge < -0.3 is 16.0 Å². The van der Waals surface area contributed by atoms with Crippen LogP contribution >= 0.6 is 9.47 Å². The van der Waals surface area contributed by atoms with Gasteiger partial charge in [-0.15, -0.1) is 0 Å². The maximum atomic E-state index is 5.77. The highest BCUT2D eigenvalue weighted by molar-refractivity contribution is 7.09. The van der Waals surface area contributed by atoms with Crippen LogP contribution in [0.1, 0.15) is 17.2 Å². The summed E-state index contributed by atoms with van der Waals surface area (Å²) < 4.78 is 5.44. The fourth-order valence-electron chi connectivity index (χ4n) is 1.79. The number of rotatable bonds is 3. The largest absolute Gasteiger partial charge is 0.399 e. The lowest BCUT2D eigenvalue weighted by atomic mass is 10.0. The van der Waals surface area contributed by atoms with E-state index < -0.39 is 0 Å². The Labute approximate surface area is 103 Å². The van der Waals surface area contributed by atoms with Gasteiger partial charge in [0, 0.05) is 20.8 Å². The van der Waals surface area contributed by atoms with E-state index in [4.69, 9.17) is 16.0 Å². The van der Waals surface area contributed by atoms with Gasteiger partial charge in [-0.05, 0) is 35.4 Å². The van der Waals surface area contributed by atoms with E-state index in [0.717, 1.165) is 22.5 Å². The van der Waals surface area contributed by atoms with Gasteiger partial charge in [-0.25, -0.2) is 0 Å². The van der Waals surface area contributed by atoms with Crippen molar-refractivity contribution in [3.63, 3.8) is 0 Å². The van der Waals surface area contributed by atoms with Crippen molar-refractivity contribution in [3.8, 4) is 0 Å². The molecular formula is C13H15N2OP. The Morgan fingerprint density at radius 3 is 1.71 bits per heavy atom. The van der Waals surface area contributed by atoms with Crippen molar-refractivity contribution >= 4 is 20.8 Å². The normalized spacial score (nSPS) is 10.7. The second kappa shape index (κ2) is 5.17. The van der Waals surface area contributed by atoms with Crippen LogP contribution in [0.5, 0.6) is 0 Å². The van der Waals surface area contributed by atoms with Crippen molar-refractivity contribution in [2.75, 3.05) is 11.5 Å². The van der Waals surface area contributed by atoms with Crippen LogP contribution in [0.3, 0.4) is 0 Å². The molecule has 2 rings (SSSR count). The number of hydrogen-bond donors (Lipinski definition) is 2. The smallest absolute Gasteiger partial charge is 0.111 e. The second-order valence-corrected chi connectivity index (χ2v) is 4.13. The summed E-state index contributed by atoms with van der Waals surface area (Å²) >= 11 is 0. The van der Waals surface area contributed by atoms with E-state index in [2.05, 4.69) is 9.47 Å². The second-order valence-electron chi connectivity index (χ2n) is 3.86. The predicted molar refractivity (Wildman–Crippen MR) is 74.3 cm³/mol. The monoisotopic (exact) mass is 246 g/mol. The Morgan fingerprint density at radius 1 is 0.882 bits per heavy atom. The zero-order valence-electron chi connectivity index (χ0n) is 9.34. The molecule has 2 aromatic carbocycles. The third kappa shape index (κ3) is 2.76. The molecule has 4 heteroatoms. The summed E-state index contributed by atoms with van der Waals surface area (Å²) in [6, 6.07) is 15.3. The van der Waals surface area contributed by atoms with Crippen LogP contribution in [-0.2, 0) is 4.52 Å². The van der Waals surface area contributed by atoms with Crippen molar-refractivity contribution in [2.45, 2.75) is 6.10 Å². The van der Waals surface area contributed by atoms with Gasteiger partial charge in [0.1, 0.15) is 6.10 Å². The number of hydrogen-bond acceptors (Lipinski definition) is 3. The third-order valence-electron chi connectivity index (χ3n) is 2.56. The van der Waals surface area contributed by atoms with Gasteiger partial charge in [-0.3, -0.25) is 0 Å². The SMILES string of the molecule is Nc1cccc(C(OP)c2cccc(N)c2)c1. The highest BCUT2D eigenvalue weighted by atomic mass is 31.0. The Hall–Kier alpha value is -1.57. The van der Waals surface area contributed by atoms with E-state index in [1.165, 1.54) is 0 Å². The van der Waals surface area contributed by atoms with Gasteiger partial charge in [0.2, 0.25) is 0 Å². The zero-order valence-corrected chi connectivity index (χ0v) is 10.5. The molecule has 88 valence electrons. The standard InChI is InChI=1S/C13H15N2OP/c14-11-5-1-3-9(7-11)13(16-17)10-4-2-6-12(15)8-10/h1-8,13H,14-15,17H2. The first-order valence-corrected chi connectivity index (χ1v) is 5.74. The topological polar surface area (TPSA) is 61.3 Å². The molecule has 0 saturated carbocycles. The zero-order chi connectivity index (χ0) is 12.3. The van der Waals surface area contributed by atoms with E-state index in [9.17, 15) is 0 Å². The lowest BCUT2D eigenvalue weighted by Gasteiger charge is -2.16. The highest BCUT2D eigenvalue weighted by Crippen LogP contribution is 2.29. The summed E-state index contributed by atoms with van der Waals surface area (Å²) in [6.45, 7) is 0. The minimum absolute atomic E-state index is 0.174. The summed E-state index contributed by atoms with van der Waals surface area (Å²) in [7, 11) is 2.29. The van der Waals surface area contributed by atoms with Gasteiger partial charge >= 0.3 is 0 Å². The Kier molecular flexibility index (Phi) is 3.62. The maximum Gasteiger partial charge on any atom is 0.111 e. The van der Waals surface area contributed by atoms with Crippen molar-refractivity contribution in [1.29, 1.82) is 0 Å². The van der Waals surface area contributed by atoms with Gasteiger partial charge in [0.05, 0.1) is 0 Å². The number of benzene rings is 2. The molecule has 0 aliphatic heterocycles. The molecule has 2 aromatic rings. The molecule has 0 radical (unpaired) electrons. The van der Waals surface area contributed by atoms with Crippen molar-refractivity contribution in [3.05, 3.63) is 59.7 Å². The van der Waals surface area contributed by atoms with Gasteiger partial charge in [-0.1, -0.05) is 24.3 Å². The van der Waals surface area contributed by atoms with Crippen LogP contribution in [0.4, 0.5) is 11.4 Å². The summed E-state index contributed by atoms with van der Waals surface area (Å²) in [5, 5.41) is 0. The minimum Gasteiger partial charge on any atom is -0.399 e. The first-order valence-electron chi connectivity index (χ1n) is 5.27. The lowest BCUT2D eigenvalue weighted by Crippen LogP contribution is -2.02. The predicted octanol–water partition coefficient (Wildman–Crippen LogP) is 2.75. The van der Waals surface area contributed by atoms with E-state index >= 15 is 0 Å².